The summed E-state index contributed by atoms with van der Waals surface area (Å²) in [6.07, 6.45) is 0. The lowest BCUT2D eigenvalue weighted by Gasteiger charge is -2.09. The van der Waals surface area contributed by atoms with Gasteiger partial charge >= 0.3 is 5.97 Å². The Bertz CT molecular complexity index is 692. The van der Waals surface area contributed by atoms with Gasteiger partial charge in [-0.25, -0.2) is 14.8 Å². The van der Waals surface area contributed by atoms with E-state index in [1.807, 2.05) is 6.07 Å². The summed E-state index contributed by atoms with van der Waals surface area (Å²) >= 11 is 0. The Kier molecular flexibility index (Phi) is 3.91. The van der Waals surface area contributed by atoms with Gasteiger partial charge in [-0.2, -0.15) is 5.26 Å². The predicted molar refractivity (Wildman–Crippen MR) is 72.5 cm³/mol. The Hall–Kier alpha value is -2.94. The van der Waals surface area contributed by atoms with Gasteiger partial charge in [-0.15, -0.1) is 0 Å². The summed E-state index contributed by atoms with van der Waals surface area (Å²) in [7, 11) is 1.32. The van der Waals surface area contributed by atoms with Crippen LogP contribution in [0.15, 0.2) is 30.3 Å². The molecule has 100 valence electrons. The molecule has 6 heteroatoms. The van der Waals surface area contributed by atoms with Gasteiger partial charge in [0.2, 0.25) is 5.95 Å². The van der Waals surface area contributed by atoms with Crippen LogP contribution in [0, 0.1) is 18.3 Å². The van der Waals surface area contributed by atoms with Gasteiger partial charge in [-0.3, -0.25) is 0 Å². The summed E-state index contributed by atoms with van der Waals surface area (Å²) < 4.78 is 4.71. The van der Waals surface area contributed by atoms with E-state index in [4.69, 9.17) is 10.00 Å². The number of carbonyl (C=O) groups excluding carboxylic acids is 1. The summed E-state index contributed by atoms with van der Waals surface area (Å²) in [5, 5.41) is 11.8. The number of methoxy groups -OCH3 is 1. The number of hydrogen-bond donors (Lipinski definition) is 1. The number of nitriles is 1. The van der Waals surface area contributed by atoms with Crippen LogP contribution in [0.4, 0.5) is 11.6 Å². The number of para-hydroxylation sites is 1. The van der Waals surface area contributed by atoms with E-state index in [9.17, 15) is 4.79 Å². The number of nitrogens with one attached hydrogen (secondary N) is 1. The third kappa shape index (κ3) is 2.90. The first kappa shape index (κ1) is 13.5. The molecule has 2 aromatic rings. The molecule has 1 N–H and O–H groups in total. The Balaban J connectivity index is 2.38. The smallest absolute Gasteiger partial charge is 0.339 e. The molecule has 0 aliphatic rings. The van der Waals surface area contributed by atoms with Crippen molar-refractivity contribution in [2.45, 2.75) is 6.92 Å². The van der Waals surface area contributed by atoms with Crippen molar-refractivity contribution in [1.82, 2.24) is 9.97 Å². The topological polar surface area (TPSA) is 87.9 Å². The average Bonchev–Trinajstić information content (AvgIpc) is 2.46. The number of rotatable bonds is 3. The molecule has 0 aliphatic carbocycles. The minimum atomic E-state index is -0.457. The molecule has 1 heterocycles. The van der Waals surface area contributed by atoms with E-state index in [1.54, 1.807) is 37.3 Å². The molecule has 0 fully saturated rings. The van der Waals surface area contributed by atoms with Crippen LogP contribution >= 0.6 is 0 Å². The zero-order valence-electron chi connectivity index (χ0n) is 11.0. The van der Waals surface area contributed by atoms with Crippen molar-refractivity contribution in [2.24, 2.45) is 0 Å². The highest BCUT2D eigenvalue weighted by Crippen LogP contribution is 2.19. The minimum Gasteiger partial charge on any atom is -0.465 e. The number of ether oxygens (including phenoxy) is 1. The van der Waals surface area contributed by atoms with Crippen LogP contribution in [0.2, 0.25) is 0 Å². The van der Waals surface area contributed by atoms with Crippen molar-refractivity contribution < 1.29 is 9.53 Å². The number of benzene rings is 1. The molecule has 0 bridgehead atoms. The van der Waals surface area contributed by atoms with E-state index in [2.05, 4.69) is 15.3 Å². The maximum atomic E-state index is 11.7. The van der Waals surface area contributed by atoms with Gasteiger partial charge in [0, 0.05) is 5.69 Å². The highest BCUT2D eigenvalue weighted by molar-refractivity contribution is 5.96. The van der Waals surface area contributed by atoms with Gasteiger partial charge in [-0.1, -0.05) is 12.1 Å². The van der Waals surface area contributed by atoms with Gasteiger partial charge in [-0.05, 0) is 25.1 Å². The van der Waals surface area contributed by atoms with Crippen molar-refractivity contribution >= 4 is 17.6 Å². The van der Waals surface area contributed by atoms with Crippen LogP contribution in [-0.4, -0.2) is 23.0 Å². The first-order valence-corrected chi connectivity index (χ1v) is 5.84. The van der Waals surface area contributed by atoms with E-state index >= 15 is 0 Å². The van der Waals surface area contributed by atoms with Gasteiger partial charge in [0.1, 0.15) is 11.8 Å². The van der Waals surface area contributed by atoms with Crippen LogP contribution in [0.3, 0.4) is 0 Å². The fourth-order valence-electron chi connectivity index (χ4n) is 1.68. The van der Waals surface area contributed by atoms with E-state index in [1.165, 1.54) is 7.11 Å². The molecule has 1 aromatic heterocycles. The second-order valence-electron chi connectivity index (χ2n) is 3.99. The van der Waals surface area contributed by atoms with Crippen molar-refractivity contribution in [2.75, 3.05) is 12.4 Å². The quantitative estimate of drug-likeness (QED) is 0.858. The second kappa shape index (κ2) is 5.80. The van der Waals surface area contributed by atoms with Crippen molar-refractivity contribution in [3.8, 4) is 6.07 Å². The molecule has 0 saturated carbocycles. The summed E-state index contributed by atoms with van der Waals surface area (Å²) in [5.41, 5.74) is 1.82. The number of nitrogens with zero attached hydrogens (tertiary/aromatic N) is 3. The number of hydrogen-bond acceptors (Lipinski definition) is 6. The molecule has 1 aromatic carbocycles. The fourth-order valence-corrected chi connectivity index (χ4v) is 1.68. The van der Waals surface area contributed by atoms with Crippen LogP contribution < -0.4 is 5.32 Å². The lowest BCUT2D eigenvalue weighted by atomic mass is 10.2. The van der Waals surface area contributed by atoms with Gasteiger partial charge in [0.15, 0.2) is 0 Å². The van der Waals surface area contributed by atoms with Gasteiger partial charge < -0.3 is 10.1 Å². The highest BCUT2D eigenvalue weighted by Gasteiger charge is 2.12. The van der Waals surface area contributed by atoms with Crippen molar-refractivity contribution in [3.05, 3.63) is 47.3 Å². The van der Waals surface area contributed by atoms with E-state index in [0.717, 1.165) is 0 Å². The molecule has 0 atom stereocenters. The van der Waals surface area contributed by atoms with Crippen LogP contribution in [-0.2, 0) is 4.74 Å². The lowest BCUT2D eigenvalue weighted by Crippen LogP contribution is -2.07. The second-order valence-corrected chi connectivity index (χ2v) is 3.99. The zero-order chi connectivity index (χ0) is 14.5. The molecule has 0 aliphatic heterocycles. The minimum absolute atomic E-state index is 0.260. The van der Waals surface area contributed by atoms with Crippen molar-refractivity contribution in [3.63, 3.8) is 0 Å². The highest BCUT2D eigenvalue weighted by atomic mass is 16.5. The third-order valence-corrected chi connectivity index (χ3v) is 2.55. The van der Waals surface area contributed by atoms with Crippen LogP contribution in [0.1, 0.15) is 21.7 Å². The summed E-state index contributed by atoms with van der Waals surface area (Å²) in [5.74, 6) is -0.195. The first-order chi connectivity index (χ1) is 9.63. The Morgan fingerprint density at radius 2 is 2.10 bits per heavy atom. The number of carbonyl (C=O) groups is 1. The molecular formula is C14H12N4O2. The number of esters is 1. The van der Waals surface area contributed by atoms with E-state index in [0.29, 0.717) is 16.9 Å². The monoisotopic (exact) mass is 268 g/mol. The largest absolute Gasteiger partial charge is 0.465 e. The maximum absolute atomic E-state index is 11.7. The van der Waals surface area contributed by atoms with Crippen LogP contribution in [0.25, 0.3) is 0 Å². The molecule has 0 radical (unpaired) electrons. The molecule has 6 nitrogen and oxygen atoms in total. The van der Waals surface area contributed by atoms with Crippen molar-refractivity contribution in [1.29, 1.82) is 5.26 Å². The summed E-state index contributed by atoms with van der Waals surface area (Å²) in [4.78, 5) is 19.9. The predicted octanol–water partition coefficient (Wildman–Crippen LogP) is 2.19. The number of aryl methyl sites for hydroxylation is 1. The van der Waals surface area contributed by atoms with Gasteiger partial charge in [0.05, 0.1) is 18.4 Å². The Morgan fingerprint density at radius 1 is 1.35 bits per heavy atom. The van der Waals surface area contributed by atoms with E-state index in [-0.39, 0.29) is 11.6 Å². The zero-order valence-corrected chi connectivity index (χ0v) is 11.0. The SMILES string of the molecule is COC(=O)c1ccccc1Nc1nc(C)cc(C#N)n1. The summed E-state index contributed by atoms with van der Waals surface area (Å²) in [6, 6.07) is 10.4. The Morgan fingerprint density at radius 3 is 2.80 bits per heavy atom. The van der Waals surface area contributed by atoms with Gasteiger partial charge in [0.25, 0.3) is 0 Å². The molecule has 0 spiro atoms. The first-order valence-electron chi connectivity index (χ1n) is 5.84. The molecule has 0 amide bonds. The molecule has 20 heavy (non-hydrogen) atoms. The number of aromatic nitrogens is 2. The molecule has 0 saturated heterocycles. The third-order valence-electron chi connectivity index (χ3n) is 2.55. The summed E-state index contributed by atoms with van der Waals surface area (Å²) in [6.45, 7) is 1.76. The number of anilines is 2. The lowest BCUT2D eigenvalue weighted by molar-refractivity contribution is 0.0602. The molecule has 2 rings (SSSR count). The Labute approximate surface area is 116 Å². The molecular weight excluding hydrogens is 256 g/mol. The fraction of sp³-hybridized carbons (Fsp3) is 0.143. The normalized spacial score (nSPS) is 9.65. The van der Waals surface area contributed by atoms with Crippen LogP contribution in [0.5, 0.6) is 0 Å². The average molecular weight is 268 g/mol. The van der Waals surface area contributed by atoms with E-state index < -0.39 is 5.97 Å². The standard InChI is InChI=1S/C14H12N4O2/c1-9-7-10(8-15)17-14(16-9)18-12-6-4-3-5-11(12)13(19)20-2/h3-7H,1-2H3,(H,16,17,18). The maximum Gasteiger partial charge on any atom is 0.339 e. The molecule has 0 unspecified atom stereocenters.